The van der Waals surface area contributed by atoms with Crippen molar-refractivity contribution >= 4 is 19.6 Å². The molecule has 162 valence electrons. The summed E-state index contributed by atoms with van der Waals surface area (Å²) in [6.45, 7) is 1.16. The number of carbonyl (C=O) groups is 1. The van der Waals surface area contributed by atoms with Crippen molar-refractivity contribution in [3.63, 3.8) is 0 Å². The van der Waals surface area contributed by atoms with E-state index in [-0.39, 0.29) is 17.8 Å². The Morgan fingerprint density at radius 1 is 1.29 bits per heavy atom. The number of anilines is 1. The molecule has 1 atom stereocenters. The van der Waals surface area contributed by atoms with E-state index in [2.05, 4.69) is 30.2 Å². The molecular formula is C17H16FN6O6P. The van der Waals surface area contributed by atoms with Crippen LogP contribution in [0.3, 0.4) is 0 Å². The number of phosphoric acid groups is 1. The van der Waals surface area contributed by atoms with E-state index in [1.165, 1.54) is 18.3 Å². The quantitative estimate of drug-likeness (QED) is 0.639. The third-order valence-electron chi connectivity index (χ3n) is 4.65. The van der Waals surface area contributed by atoms with Crippen molar-refractivity contribution in [2.24, 2.45) is 20.7 Å². The molecule has 2 aliphatic heterocycles. The van der Waals surface area contributed by atoms with E-state index in [4.69, 9.17) is 14.5 Å². The Morgan fingerprint density at radius 2 is 2.03 bits per heavy atom. The fraction of sp³-hybridized carbons (Fsp3) is 0.294. The molecule has 0 radical (unpaired) electrons. The number of halogens is 1. The lowest BCUT2D eigenvalue weighted by molar-refractivity contribution is 0.0880. The second-order valence-corrected chi connectivity index (χ2v) is 8.14. The SMILES string of the molecule is CC1(c2ccc(-c3ccc(N4CC(COP(=O)(O)O)OC4=O)cc3F)cn2)N=NN=N1. The van der Waals surface area contributed by atoms with Gasteiger partial charge in [0.2, 0.25) is 5.66 Å². The molecular weight excluding hydrogens is 434 g/mol. The van der Waals surface area contributed by atoms with Gasteiger partial charge < -0.3 is 14.5 Å². The van der Waals surface area contributed by atoms with Crippen molar-refractivity contribution in [1.29, 1.82) is 0 Å². The van der Waals surface area contributed by atoms with Crippen molar-refractivity contribution in [3.05, 3.63) is 48.0 Å². The van der Waals surface area contributed by atoms with E-state index in [1.54, 1.807) is 19.1 Å². The van der Waals surface area contributed by atoms with Gasteiger partial charge in [-0.1, -0.05) is 6.07 Å². The Balaban J connectivity index is 1.50. The second-order valence-electron chi connectivity index (χ2n) is 6.90. The lowest BCUT2D eigenvalue weighted by Gasteiger charge is -2.15. The predicted molar refractivity (Wildman–Crippen MR) is 102 cm³/mol. The summed E-state index contributed by atoms with van der Waals surface area (Å²) in [5, 5.41) is 14.8. The molecule has 0 aliphatic carbocycles. The van der Waals surface area contributed by atoms with E-state index in [9.17, 15) is 13.8 Å². The first-order valence-electron chi connectivity index (χ1n) is 8.93. The molecule has 1 saturated heterocycles. The number of rotatable bonds is 6. The van der Waals surface area contributed by atoms with E-state index in [0.717, 1.165) is 11.0 Å². The molecule has 31 heavy (non-hydrogen) atoms. The monoisotopic (exact) mass is 450 g/mol. The van der Waals surface area contributed by atoms with Gasteiger partial charge in [0, 0.05) is 17.3 Å². The molecule has 1 fully saturated rings. The topological polar surface area (TPSA) is 159 Å². The van der Waals surface area contributed by atoms with Crippen molar-refractivity contribution in [2.45, 2.75) is 18.7 Å². The number of cyclic esters (lactones) is 1. The normalized spacial score (nSPS) is 19.8. The van der Waals surface area contributed by atoms with Crippen LogP contribution in [-0.2, 0) is 19.5 Å². The van der Waals surface area contributed by atoms with Gasteiger partial charge in [-0.05, 0) is 41.6 Å². The van der Waals surface area contributed by atoms with Crippen LogP contribution in [0, 0.1) is 5.82 Å². The van der Waals surface area contributed by atoms with Crippen molar-refractivity contribution in [2.75, 3.05) is 18.1 Å². The van der Waals surface area contributed by atoms with Crippen LogP contribution in [0.1, 0.15) is 12.6 Å². The van der Waals surface area contributed by atoms with E-state index < -0.39 is 38.1 Å². The van der Waals surface area contributed by atoms with Gasteiger partial charge in [0.15, 0.2) is 0 Å². The minimum absolute atomic E-state index is 0.0461. The Hall–Kier alpha value is -3.12. The van der Waals surface area contributed by atoms with Crippen molar-refractivity contribution in [1.82, 2.24) is 4.98 Å². The lowest BCUT2D eigenvalue weighted by atomic mass is 10.0. The van der Waals surface area contributed by atoms with Gasteiger partial charge in [0.1, 0.15) is 11.9 Å². The van der Waals surface area contributed by atoms with Gasteiger partial charge in [0.05, 0.1) is 24.5 Å². The second kappa shape index (κ2) is 7.85. The van der Waals surface area contributed by atoms with E-state index >= 15 is 0 Å². The van der Waals surface area contributed by atoms with Crippen LogP contribution in [0.15, 0.2) is 57.2 Å². The number of nitrogens with zero attached hydrogens (tertiary/aromatic N) is 6. The molecule has 4 rings (SSSR count). The first-order chi connectivity index (χ1) is 14.6. The summed E-state index contributed by atoms with van der Waals surface area (Å²) < 4.78 is 34.9. The summed E-state index contributed by atoms with van der Waals surface area (Å²) >= 11 is 0. The Labute approximate surface area is 174 Å². The van der Waals surface area contributed by atoms with Crippen LogP contribution in [-0.4, -0.2) is 40.1 Å². The summed E-state index contributed by atoms with van der Waals surface area (Å²) in [6.07, 6.45) is -0.196. The highest BCUT2D eigenvalue weighted by Crippen LogP contribution is 2.37. The number of hydrogen-bond donors (Lipinski definition) is 2. The highest BCUT2D eigenvalue weighted by molar-refractivity contribution is 7.46. The fourth-order valence-electron chi connectivity index (χ4n) is 3.08. The summed E-state index contributed by atoms with van der Waals surface area (Å²) in [5.41, 5.74) is 0.490. The maximum Gasteiger partial charge on any atom is 0.469 e. The highest BCUT2D eigenvalue weighted by atomic mass is 31.2. The maximum atomic E-state index is 14.8. The molecule has 0 bridgehead atoms. The average molecular weight is 450 g/mol. The average Bonchev–Trinajstić information content (AvgIpc) is 3.32. The number of amides is 1. The smallest absolute Gasteiger partial charge is 0.441 e. The lowest BCUT2D eigenvalue weighted by Crippen LogP contribution is -2.25. The number of aromatic nitrogens is 1. The van der Waals surface area contributed by atoms with Gasteiger partial charge in [-0.2, -0.15) is 0 Å². The largest absolute Gasteiger partial charge is 0.469 e. The van der Waals surface area contributed by atoms with E-state index in [1.807, 2.05) is 0 Å². The summed E-state index contributed by atoms with van der Waals surface area (Å²) in [4.78, 5) is 35.0. The molecule has 2 aromatic rings. The highest BCUT2D eigenvalue weighted by Gasteiger charge is 2.34. The van der Waals surface area contributed by atoms with Gasteiger partial charge >= 0.3 is 13.9 Å². The number of benzene rings is 1. The zero-order valence-corrected chi connectivity index (χ0v) is 16.9. The van der Waals surface area contributed by atoms with Gasteiger partial charge in [0.25, 0.3) is 0 Å². The van der Waals surface area contributed by atoms with Crippen LogP contribution in [0.25, 0.3) is 11.1 Å². The zero-order chi connectivity index (χ0) is 22.2. The van der Waals surface area contributed by atoms with Crippen LogP contribution < -0.4 is 4.90 Å². The molecule has 12 nitrogen and oxygen atoms in total. The molecule has 1 aromatic carbocycles. The predicted octanol–water partition coefficient (Wildman–Crippen LogP) is 3.33. The molecule has 3 heterocycles. The standard InChI is InChI=1S/C17H16FN6O6P/c1-17(20-22-23-21-17)15-5-2-10(7-19-15)13-4-3-11(6-14(13)18)24-8-12(30-16(24)25)9-29-31(26,27)28/h2-7,12H,8-9H2,1H3,(H2,26,27,28). The van der Waals surface area contributed by atoms with Gasteiger partial charge in [-0.15, -0.1) is 10.2 Å². The number of ether oxygens (including phenoxy) is 1. The van der Waals surface area contributed by atoms with Crippen molar-refractivity contribution in [3.8, 4) is 11.1 Å². The summed E-state index contributed by atoms with van der Waals surface area (Å²) in [6, 6.07) is 7.49. The number of phosphoric ester groups is 1. The van der Waals surface area contributed by atoms with Gasteiger partial charge in [-0.3, -0.25) is 14.4 Å². The summed E-state index contributed by atoms with van der Waals surface area (Å²) in [5.74, 6) is -0.596. The zero-order valence-electron chi connectivity index (χ0n) is 16.0. The minimum atomic E-state index is -4.69. The minimum Gasteiger partial charge on any atom is -0.441 e. The van der Waals surface area contributed by atoms with Crippen LogP contribution in [0.4, 0.5) is 14.9 Å². The number of hydrogen-bond acceptors (Lipinski definition) is 9. The third kappa shape index (κ3) is 4.49. The molecule has 1 amide bonds. The summed E-state index contributed by atoms with van der Waals surface area (Å²) in [7, 11) is -4.69. The molecule has 1 unspecified atom stereocenters. The Morgan fingerprint density at radius 3 is 2.65 bits per heavy atom. The first-order valence-corrected chi connectivity index (χ1v) is 10.5. The number of pyridine rings is 1. The fourth-order valence-corrected chi connectivity index (χ4v) is 3.44. The Kier molecular flexibility index (Phi) is 5.35. The molecule has 0 saturated carbocycles. The van der Waals surface area contributed by atoms with Crippen LogP contribution in [0.5, 0.6) is 0 Å². The molecule has 1 aromatic heterocycles. The maximum absolute atomic E-state index is 14.8. The molecule has 0 spiro atoms. The van der Waals surface area contributed by atoms with Crippen LogP contribution in [0.2, 0.25) is 0 Å². The number of carbonyl (C=O) groups excluding carboxylic acids is 1. The van der Waals surface area contributed by atoms with Crippen molar-refractivity contribution < 1.29 is 32.8 Å². The molecule has 2 N–H and O–H groups in total. The van der Waals surface area contributed by atoms with E-state index in [0.29, 0.717) is 11.3 Å². The Bertz CT molecular complexity index is 1110. The first kappa shape index (κ1) is 21.1. The third-order valence-corrected chi connectivity index (χ3v) is 5.13. The molecule has 14 heteroatoms. The van der Waals surface area contributed by atoms with Gasteiger partial charge in [-0.25, -0.2) is 13.8 Å². The molecule has 2 aliphatic rings. The van der Waals surface area contributed by atoms with Crippen LogP contribution >= 0.6 is 7.82 Å².